The van der Waals surface area contributed by atoms with Crippen LogP contribution in [0.3, 0.4) is 0 Å². The Morgan fingerprint density at radius 2 is 0.741 bits per heavy atom. The largest absolute Gasteiger partial charge is 0.356 e. The maximum atomic E-state index is 8.25. The molecule has 0 saturated carbocycles. The molecule has 0 bridgehead atoms. The Kier molecular flexibility index (Phi) is 28.8. The van der Waals surface area contributed by atoms with Crippen molar-refractivity contribution in [3.05, 3.63) is 15.3 Å². The molecular formula is C22H48N2O3. The summed E-state index contributed by atoms with van der Waals surface area (Å²) in [7, 11) is 0. The molecule has 0 saturated heterocycles. The summed E-state index contributed by atoms with van der Waals surface area (Å²) in [4.78, 5) is 8.25. The molecule has 0 spiro atoms. The van der Waals surface area contributed by atoms with E-state index in [1.165, 1.54) is 129 Å². The normalized spacial score (nSPS) is 10.4. The van der Waals surface area contributed by atoms with Crippen molar-refractivity contribution in [2.45, 2.75) is 129 Å². The first-order valence-corrected chi connectivity index (χ1v) is 11.8. The summed E-state index contributed by atoms with van der Waals surface area (Å²) in [5, 5.41) is 17.3. The summed E-state index contributed by atoms with van der Waals surface area (Å²) in [5.74, 6) is 0. The number of nitrogens with two attached hydrogens (primary N) is 1. The van der Waals surface area contributed by atoms with Gasteiger partial charge in [-0.1, -0.05) is 104 Å². The van der Waals surface area contributed by atoms with Gasteiger partial charge in [0.05, 0.1) is 18.2 Å². The predicted octanol–water partition coefficient (Wildman–Crippen LogP) is 6.37. The van der Waals surface area contributed by atoms with E-state index in [9.17, 15) is 0 Å². The van der Waals surface area contributed by atoms with Crippen molar-refractivity contribution in [1.82, 2.24) is 0 Å². The van der Waals surface area contributed by atoms with Gasteiger partial charge in [-0.05, 0) is 25.7 Å². The van der Waals surface area contributed by atoms with Crippen LogP contribution < -0.4 is 5.32 Å². The van der Waals surface area contributed by atoms with E-state index >= 15 is 0 Å². The van der Waals surface area contributed by atoms with Crippen molar-refractivity contribution in [3.8, 4) is 0 Å². The maximum Gasteiger partial charge on any atom is 0.0755 e. The fraction of sp³-hybridized carbons (Fsp3) is 1.00. The molecule has 0 unspecified atom stereocenters. The summed E-state index contributed by atoms with van der Waals surface area (Å²) in [6.45, 7) is 7.33. The van der Waals surface area contributed by atoms with Crippen molar-refractivity contribution in [2.24, 2.45) is 0 Å². The van der Waals surface area contributed by atoms with E-state index in [-0.39, 0.29) is 0 Å². The van der Waals surface area contributed by atoms with Gasteiger partial charge in [0.1, 0.15) is 0 Å². The average Bonchev–Trinajstić information content (AvgIpc) is 2.63. The first kappa shape index (κ1) is 28.4. The zero-order chi connectivity index (χ0) is 20.4. The molecule has 0 aliphatic rings. The van der Waals surface area contributed by atoms with Gasteiger partial charge in [-0.25, -0.2) is 0 Å². The zero-order valence-corrected chi connectivity index (χ0v) is 18.4. The van der Waals surface area contributed by atoms with Crippen molar-refractivity contribution < 1.29 is 10.4 Å². The standard InChI is InChI=1S/C22H47N.NO3/c1-3-5-7-9-11-13-15-17-19-21-23-22-20-18-16-14-12-10-8-6-4-2;2-1(3)4/h23H,3-22H2,1-2H3;/q;-1/p+1. The van der Waals surface area contributed by atoms with Gasteiger partial charge in [0.15, 0.2) is 0 Å². The Labute approximate surface area is 168 Å². The number of quaternary nitrogens is 1. The highest BCUT2D eigenvalue weighted by atomic mass is 16.9. The van der Waals surface area contributed by atoms with Crippen molar-refractivity contribution >= 4 is 0 Å². The van der Waals surface area contributed by atoms with Crippen LogP contribution in [0, 0.1) is 15.3 Å². The highest BCUT2D eigenvalue weighted by Gasteiger charge is 1.95. The Morgan fingerprint density at radius 1 is 0.519 bits per heavy atom. The summed E-state index contributed by atoms with van der Waals surface area (Å²) >= 11 is 0. The van der Waals surface area contributed by atoms with Crippen LogP contribution in [-0.2, 0) is 0 Å². The molecule has 5 heteroatoms. The fourth-order valence-corrected chi connectivity index (χ4v) is 3.34. The third kappa shape index (κ3) is 36.8. The molecule has 2 N–H and O–H groups in total. The Balaban J connectivity index is 0. The monoisotopic (exact) mass is 388 g/mol. The van der Waals surface area contributed by atoms with E-state index in [4.69, 9.17) is 15.3 Å². The number of nitrogens with zero attached hydrogens (tertiary/aromatic N) is 1. The van der Waals surface area contributed by atoms with Crippen LogP contribution in [0.4, 0.5) is 0 Å². The molecule has 0 aliphatic carbocycles. The molecule has 0 rings (SSSR count). The first-order valence-electron chi connectivity index (χ1n) is 11.8. The lowest BCUT2D eigenvalue weighted by atomic mass is 10.1. The third-order valence-corrected chi connectivity index (χ3v) is 5.02. The van der Waals surface area contributed by atoms with Crippen LogP contribution in [0.25, 0.3) is 0 Å². The van der Waals surface area contributed by atoms with Gasteiger partial charge in [0, 0.05) is 0 Å². The number of hydrogen-bond acceptors (Lipinski definition) is 3. The molecular weight excluding hydrogens is 340 g/mol. The molecule has 0 heterocycles. The highest BCUT2D eigenvalue weighted by molar-refractivity contribution is 4.47. The highest BCUT2D eigenvalue weighted by Crippen LogP contribution is 2.09. The number of rotatable bonds is 20. The van der Waals surface area contributed by atoms with Crippen LogP contribution in [0.5, 0.6) is 0 Å². The lowest BCUT2D eigenvalue weighted by Gasteiger charge is -2.03. The molecule has 0 amide bonds. The Hall–Kier alpha value is -0.840. The van der Waals surface area contributed by atoms with Crippen molar-refractivity contribution in [3.63, 3.8) is 0 Å². The van der Waals surface area contributed by atoms with E-state index in [2.05, 4.69) is 19.2 Å². The van der Waals surface area contributed by atoms with Gasteiger partial charge in [-0.15, -0.1) is 0 Å². The van der Waals surface area contributed by atoms with Gasteiger partial charge < -0.3 is 20.6 Å². The molecule has 0 fully saturated rings. The second kappa shape index (κ2) is 27.4. The third-order valence-electron chi connectivity index (χ3n) is 5.02. The van der Waals surface area contributed by atoms with Crippen molar-refractivity contribution in [1.29, 1.82) is 0 Å². The minimum absolute atomic E-state index is 1.37. The Morgan fingerprint density at radius 3 is 1.00 bits per heavy atom. The van der Waals surface area contributed by atoms with Crippen molar-refractivity contribution in [2.75, 3.05) is 13.1 Å². The lowest BCUT2D eigenvalue weighted by molar-refractivity contribution is -0.655. The summed E-state index contributed by atoms with van der Waals surface area (Å²) < 4.78 is 0. The SMILES string of the molecule is CCCCCCCCCCC[NH2+]CCCCCCCCCCC.O=[N+]([O-])[O-]. The van der Waals surface area contributed by atoms with E-state index < -0.39 is 5.09 Å². The van der Waals surface area contributed by atoms with Gasteiger partial charge in [0.25, 0.3) is 0 Å². The summed E-state index contributed by atoms with van der Waals surface area (Å²) in [5.41, 5.74) is 0. The zero-order valence-electron chi connectivity index (χ0n) is 18.4. The fourth-order valence-electron chi connectivity index (χ4n) is 3.34. The molecule has 0 aromatic heterocycles. The van der Waals surface area contributed by atoms with E-state index in [1.54, 1.807) is 0 Å². The molecule has 0 atom stereocenters. The minimum Gasteiger partial charge on any atom is -0.356 e. The predicted molar refractivity (Wildman–Crippen MR) is 116 cm³/mol. The minimum atomic E-state index is -1.75. The van der Waals surface area contributed by atoms with E-state index in [1.807, 2.05) is 0 Å². The summed E-state index contributed by atoms with van der Waals surface area (Å²) in [6, 6.07) is 0. The molecule has 5 nitrogen and oxygen atoms in total. The first-order chi connectivity index (χ1) is 13.1. The Bertz CT molecular complexity index is 252. The second-order valence-electron chi connectivity index (χ2n) is 7.75. The molecule has 0 radical (unpaired) electrons. The average molecular weight is 389 g/mol. The molecule has 0 aromatic rings. The van der Waals surface area contributed by atoms with E-state index in [0.717, 1.165) is 0 Å². The van der Waals surface area contributed by atoms with Crippen LogP contribution in [0.15, 0.2) is 0 Å². The maximum absolute atomic E-state index is 8.25. The van der Waals surface area contributed by atoms with Crippen LogP contribution in [0.1, 0.15) is 129 Å². The number of unbranched alkanes of at least 4 members (excludes halogenated alkanes) is 16. The van der Waals surface area contributed by atoms with Gasteiger partial charge in [-0.3, -0.25) is 0 Å². The van der Waals surface area contributed by atoms with Gasteiger partial charge in [-0.2, -0.15) is 0 Å². The quantitative estimate of drug-likeness (QED) is 0.149. The molecule has 0 aromatic carbocycles. The summed E-state index contributed by atoms with van der Waals surface area (Å²) in [6.07, 6.45) is 26.1. The van der Waals surface area contributed by atoms with Gasteiger partial charge >= 0.3 is 0 Å². The molecule has 27 heavy (non-hydrogen) atoms. The van der Waals surface area contributed by atoms with Crippen LogP contribution in [-0.4, -0.2) is 18.2 Å². The van der Waals surface area contributed by atoms with E-state index in [0.29, 0.717) is 0 Å². The van der Waals surface area contributed by atoms with Crippen LogP contribution >= 0.6 is 0 Å². The smallest absolute Gasteiger partial charge is 0.0755 e. The van der Waals surface area contributed by atoms with Gasteiger partial charge in [0.2, 0.25) is 0 Å². The molecule has 164 valence electrons. The lowest BCUT2D eigenvalue weighted by Crippen LogP contribution is -2.84. The van der Waals surface area contributed by atoms with Crippen LogP contribution in [0.2, 0.25) is 0 Å². The second-order valence-corrected chi connectivity index (χ2v) is 7.75. The molecule has 0 aliphatic heterocycles. The topological polar surface area (TPSA) is 82.8 Å². The number of hydrogen-bond donors (Lipinski definition) is 1.